The molecule has 1 amide bonds. The molecule has 1 saturated heterocycles. The number of amides is 1. The van der Waals surface area contributed by atoms with E-state index in [-0.39, 0.29) is 30.3 Å². The molecule has 1 fully saturated rings. The number of carbonyl (C=O) groups is 2. The molecule has 4 rings (SSSR count). The van der Waals surface area contributed by atoms with Crippen LogP contribution >= 0.6 is 0 Å². The fraction of sp³-hybridized carbons (Fsp3) is 0.476. The van der Waals surface area contributed by atoms with Crippen LogP contribution in [0.4, 0.5) is 10.1 Å². The number of anilines is 1. The average molecular weight is 385 g/mol. The fourth-order valence-corrected chi connectivity index (χ4v) is 4.15. The Kier molecular flexibility index (Phi) is 4.79. The number of carbonyl (C=O) groups excluding carboxylic acids is 2. The van der Waals surface area contributed by atoms with Gasteiger partial charge >= 0.3 is 0 Å². The summed E-state index contributed by atoms with van der Waals surface area (Å²) in [5.41, 5.74) is 1.28. The predicted molar refractivity (Wildman–Crippen MR) is 104 cm³/mol. The zero-order chi connectivity index (χ0) is 19.9. The number of benzene rings is 1. The highest BCUT2D eigenvalue weighted by atomic mass is 19.1. The molecule has 6 nitrogen and oxygen atoms in total. The normalized spacial score (nSPS) is 21.3. The molecule has 0 aliphatic carbocycles. The number of ketones is 1. The van der Waals surface area contributed by atoms with Crippen LogP contribution in [0.25, 0.3) is 0 Å². The van der Waals surface area contributed by atoms with Crippen LogP contribution in [-0.4, -0.2) is 55.2 Å². The average Bonchev–Trinajstić information content (AvgIpc) is 2.94. The lowest BCUT2D eigenvalue weighted by Crippen LogP contribution is -2.38. The quantitative estimate of drug-likeness (QED) is 0.802. The van der Waals surface area contributed by atoms with Gasteiger partial charge in [-0.15, -0.1) is 0 Å². The first-order valence-corrected chi connectivity index (χ1v) is 9.58. The number of hydrogen-bond acceptors (Lipinski definition) is 5. The zero-order valence-corrected chi connectivity index (χ0v) is 16.2. The van der Waals surface area contributed by atoms with Gasteiger partial charge in [-0.3, -0.25) is 9.59 Å². The van der Waals surface area contributed by atoms with Crippen LogP contribution in [0.1, 0.15) is 32.3 Å². The van der Waals surface area contributed by atoms with Crippen molar-refractivity contribution >= 4 is 23.1 Å². The lowest BCUT2D eigenvalue weighted by atomic mass is 9.86. The Bertz CT molecular complexity index is 885. The highest BCUT2D eigenvalue weighted by molar-refractivity contribution is 6.16. The molecule has 1 aromatic rings. The summed E-state index contributed by atoms with van der Waals surface area (Å²) in [7, 11) is 0. The summed E-state index contributed by atoms with van der Waals surface area (Å²) in [5, 5.41) is 0. The van der Waals surface area contributed by atoms with Crippen molar-refractivity contribution < 1.29 is 18.7 Å². The standard InChI is InChI=1S/C21H24FN3O3/c1-21(2)13-25(17-5-3-4-16(22)20(17)21)19(27)11-14-10-15(26)12-18(23-14)24-6-8-28-9-7-24/h3-5,12H,6-11,13H2,1-2H3. The number of aliphatic imine (C=N–C) groups is 1. The molecular weight excluding hydrogens is 361 g/mol. The number of halogens is 1. The van der Waals surface area contributed by atoms with E-state index in [0.717, 1.165) is 0 Å². The molecule has 3 heterocycles. The van der Waals surface area contributed by atoms with Crippen molar-refractivity contribution in [2.24, 2.45) is 4.99 Å². The summed E-state index contributed by atoms with van der Waals surface area (Å²) in [5.74, 6) is 0.107. The molecule has 3 aliphatic heterocycles. The van der Waals surface area contributed by atoms with Gasteiger partial charge < -0.3 is 14.5 Å². The topological polar surface area (TPSA) is 62.2 Å². The Balaban J connectivity index is 1.54. The lowest BCUT2D eigenvalue weighted by molar-refractivity contribution is -0.117. The summed E-state index contributed by atoms with van der Waals surface area (Å²) in [6.45, 7) is 6.83. The number of ether oxygens (including phenoxy) is 1. The molecule has 3 aliphatic rings. The molecule has 148 valence electrons. The molecule has 0 atom stereocenters. The molecule has 0 spiro atoms. The largest absolute Gasteiger partial charge is 0.378 e. The Labute approximate surface area is 163 Å². The summed E-state index contributed by atoms with van der Waals surface area (Å²) < 4.78 is 19.7. The number of morpholine rings is 1. The van der Waals surface area contributed by atoms with Crippen molar-refractivity contribution in [2.45, 2.75) is 32.1 Å². The van der Waals surface area contributed by atoms with Crippen LogP contribution in [0.2, 0.25) is 0 Å². The number of hydrogen-bond donors (Lipinski definition) is 0. The summed E-state index contributed by atoms with van der Waals surface area (Å²) in [6.07, 6.45) is 1.75. The van der Waals surface area contributed by atoms with E-state index in [9.17, 15) is 14.0 Å². The minimum absolute atomic E-state index is 0.0486. The van der Waals surface area contributed by atoms with E-state index in [1.807, 2.05) is 18.7 Å². The molecule has 0 aromatic heterocycles. The van der Waals surface area contributed by atoms with Gasteiger partial charge in [0.1, 0.15) is 11.6 Å². The van der Waals surface area contributed by atoms with E-state index in [2.05, 4.69) is 4.99 Å². The minimum Gasteiger partial charge on any atom is -0.378 e. The number of allylic oxidation sites excluding steroid dienone is 1. The van der Waals surface area contributed by atoms with Crippen molar-refractivity contribution in [3.8, 4) is 0 Å². The van der Waals surface area contributed by atoms with Crippen LogP contribution < -0.4 is 4.90 Å². The molecule has 0 unspecified atom stereocenters. The summed E-state index contributed by atoms with van der Waals surface area (Å²) >= 11 is 0. The first kappa shape index (κ1) is 18.8. The second-order valence-electron chi connectivity index (χ2n) is 8.10. The Morgan fingerprint density at radius 3 is 2.79 bits per heavy atom. The van der Waals surface area contributed by atoms with Crippen molar-refractivity contribution in [2.75, 3.05) is 37.7 Å². The number of rotatable bonds is 3. The van der Waals surface area contributed by atoms with Crippen LogP contribution in [-0.2, 0) is 19.7 Å². The number of nitrogens with zero attached hydrogens (tertiary/aromatic N) is 3. The van der Waals surface area contributed by atoms with Crippen LogP contribution in [0.15, 0.2) is 35.1 Å². The Hall–Kier alpha value is -2.54. The van der Waals surface area contributed by atoms with Crippen LogP contribution in [0.3, 0.4) is 0 Å². The second kappa shape index (κ2) is 7.13. The maximum absolute atomic E-state index is 14.4. The zero-order valence-electron chi connectivity index (χ0n) is 16.2. The third-order valence-electron chi connectivity index (χ3n) is 5.45. The van der Waals surface area contributed by atoms with Gasteiger partial charge in [-0.05, 0) is 12.1 Å². The molecular formula is C21H24FN3O3. The third kappa shape index (κ3) is 3.46. The van der Waals surface area contributed by atoms with Crippen molar-refractivity contribution in [1.82, 2.24) is 4.90 Å². The maximum atomic E-state index is 14.4. The van der Waals surface area contributed by atoms with Gasteiger partial charge in [0, 0.05) is 48.8 Å². The first-order valence-electron chi connectivity index (χ1n) is 9.58. The molecule has 7 heteroatoms. The smallest absolute Gasteiger partial charge is 0.232 e. The monoisotopic (exact) mass is 385 g/mol. The van der Waals surface area contributed by atoms with E-state index in [0.29, 0.717) is 55.6 Å². The second-order valence-corrected chi connectivity index (χ2v) is 8.10. The van der Waals surface area contributed by atoms with E-state index in [1.165, 1.54) is 6.07 Å². The van der Waals surface area contributed by atoms with Gasteiger partial charge in [-0.25, -0.2) is 9.38 Å². The molecule has 0 radical (unpaired) electrons. The fourth-order valence-electron chi connectivity index (χ4n) is 4.15. The van der Waals surface area contributed by atoms with E-state index >= 15 is 0 Å². The highest BCUT2D eigenvalue weighted by Gasteiger charge is 2.40. The van der Waals surface area contributed by atoms with Crippen LogP contribution in [0, 0.1) is 5.82 Å². The van der Waals surface area contributed by atoms with Crippen LogP contribution in [0.5, 0.6) is 0 Å². The molecule has 0 bridgehead atoms. The van der Waals surface area contributed by atoms with Gasteiger partial charge in [-0.2, -0.15) is 0 Å². The van der Waals surface area contributed by atoms with Crippen molar-refractivity contribution in [1.29, 1.82) is 0 Å². The maximum Gasteiger partial charge on any atom is 0.232 e. The van der Waals surface area contributed by atoms with E-state index in [1.54, 1.807) is 23.1 Å². The van der Waals surface area contributed by atoms with E-state index < -0.39 is 5.41 Å². The Morgan fingerprint density at radius 1 is 1.29 bits per heavy atom. The number of fused-ring (bicyclic) bond motifs is 1. The molecule has 0 N–H and O–H groups in total. The minimum atomic E-state index is -0.459. The Morgan fingerprint density at radius 2 is 2.04 bits per heavy atom. The van der Waals surface area contributed by atoms with Crippen molar-refractivity contribution in [3.05, 3.63) is 41.5 Å². The van der Waals surface area contributed by atoms with Gasteiger partial charge in [0.2, 0.25) is 5.91 Å². The highest BCUT2D eigenvalue weighted by Crippen LogP contribution is 2.42. The molecule has 1 aromatic carbocycles. The summed E-state index contributed by atoms with van der Waals surface area (Å²) in [6, 6.07) is 4.83. The summed E-state index contributed by atoms with van der Waals surface area (Å²) in [4.78, 5) is 33.4. The lowest BCUT2D eigenvalue weighted by Gasteiger charge is -2.30. The molecule has 0 saturated carbocycles. The van der Waals surface area contributed by atoms with Gasteiger partial charge in [0.25, 0.3) is 0 Å². The predicted octanol–water partition coefficient (Wildman–Crippen LogP) is 2.43. The molecule has 28 heavy (non-hydrogen) atoms. The van der Waals surface area contributed by atoms with Gasteiger partial charge in [0.05, 0.1) is 25.3 Å². The van der Waals surface area contributed by atoms with E-state index in [4.69, 9.17) is 4.74 Å². The first-order chi connectivity index (χ1) is 13.3. The SMILES string of the molecule is CC1(C)CN(C(=O)CC2=NC(N3CCOCC3)=CC(=O)C2)c2cccc(F)c21. The third-order valence-corrected chi connectivity index (χ3v) is 5.45. The van der Waals surface area contributed by atoms with Crippen molar-refractivity contribution in [3.63, 3.8) is 0 Å². The van der Waals surface area contributed by atoms with Gasteiger partial charge in [-0.1, -0.05) is 19.9 Å². The van der Waals surface area contributed by atoms with Gasteiger partial charge in [0.15, 0.2) is 5.78 Å².